The maximum atomic E-state index is 14.5. The molecular weight excluding hydrogens is 583 g/mol. The van der Waals surface area contributed by atoms with Gasteiger partial charge in [0.25, 0.3) is 5.91 Å². The molecule has 4 fully saturated rings. The second-order valence-electron chi connectivity index (χ2n) is 13.4. The summed E-state index contributed by atoms with van der Waals surface area (Å²) in [5, 5.41) is 13.7. The van der Waals surface area contributed by atoms with Crippen LogP contribution in [-0.2, 0) is 10.0 Å². The van der Waals surface area contributed by atoms with Gasteiger partial charge in [0.15, 0.2) is 0 Å². The number of nitrogens with zero attached hydrogens (tertiary/aromatic N) is 6. The van der Waals surface area contributed by atoms with Crippen molar-refractivity contribution >= 4 is 15.9 Å². The molecule has 1 N–H and O–H groups in total. The van der Waals surface area contributed by atoms with Crippen LogP contribution < -0.4 is 0 Å². The number of rotatable bonds is 7. The largest absolute Gasteiger partial charge is 0.411 e. The van der Waals surface area contributed by atoms with Crippen molar-refractivity contribution < 1.29 is 22.8 Å². The average molecular weight is 629 g/mol. The van der Waals surface area contributed by atoms with Crippen LogP contribution in [0.1, 0.15) is 78.8 Å². The van der Waals surface area contributed by atoms with Gasteiger partial charge in [0.1, 0.15) is 5.82 Å². The van der Waals surface area contributed by atoms with Gasteiger partial charge in [0.2, 0.25) is 10.0 Å². The molecule has 1 saturated carbocycles. The molecule has 1 atom stereocenters. The van der Waals surface area contributed by atoms with Crippen molar-refractivity contribution in [1.82, 2.24) is 28.9 Å². The molecule has 0 unspecified atom stereocenters. The molecule has 3 saturated heterocycles. The number of carbonyl (C=O) groups excluding carboxylic acids is 1. The van der Waals surface area contributed by atoms with Crippen LogP contribution in [0.5, 0.6) is 0 Å². The number of hydrogen-bond acceptors (Lipinski definition) is 7. The molecule has 0 bridgehead atoms. The van der Waals surface area contributed by atoms with E-state index in [1.807, 2.05) is 11.0 Å². The van der Waals surface area contributed by atoms with Crippen LogP contribution in [0.25, 0.3) is 0 Å². The Labute approximate surface area is 260 Å². The Morgan fingerprint density at radius 1 is 1.07 bits per heavy atom. The second kappa shape index (κ2) is 11.8. The molecule has 240 valence electrons. The van der Waals surface area contributed by atoms with Crippen LogP contribution in [0.3, 0.4) is 0 Å². The van der Waals surface area contributed by atoms with Crippen LogP contribution in [0.2, 0.25) is 0 Å². The number of aryl methyl sites for hydroxylation is 1. The van der Waals surface area contributed by atoms with Crippen molar-refractivity contribution in [3.8, 4) is 0 Å². The molecule has 4 heterocycles. The lowest BCUT2D eigenvalue weighted by Crippen LogP contribution is -2.59. The fourth-order valence-corrected chi connectivity index (χ4v) is 9.47. The topological polar surface area (TPSA) is 102 Å². The van der Waals surface area contributed by atoms with Gasteiger partial charge in [-0.1, -0.05) is 18.7 Å². The molecule has 12 heteroatoms. The van der Waals surface area contributed by atoms with Crippen molar-refractivity contribution in [3.05, 3.63) is 64.9 Å². The molecule has 1 aromatic heterocycles. The van der Waals surface area contributed by atoms with Gasteiger partial charge < -0.3 is 15.0 Å². The summed E-state index contributed by atoms with van der Waals surface area (Å²) in [6, 6.07) is 6.76. The Morgan fingerprint density at radius 3 is 2.32 bits per heavy atom. The van der Waals surface area contributed by atoms with Gasteiger partial charge in [0, 0.05) is 57.0 Å². The Hall–Kier alpha value is -2.96. The summed E-state index contributed by atoms with van der Waals surface area (Å²) in [4.78, 5) is 20.7. The molecule has 2 aromatic rings. The minimum absolute atomic E-state index is 0.0719. The zero-order valence-electron chi connectivity index (χ0n) is 26.1. The van der Waals surface area contributed by atoms with Crippen LogP contribution in [0, 0.1) is 25.6 Å². The molecule has 6 rings (SSSR count). The van der Waals surface area contributed by atoms with Crippen molar-refractivity contribution in [2.24, 2.45) is 5.92 Å². The van der Waals surface area contributed by atoms with E-state index in [1.54, 1.807) is 30.3 Å². The van der Waals surface area contributed by atoms with Crippen molar-refractivity contribution in [3.63, 3.8) is 0 Å². The number of carbonyl (C=O) groups is 1. The lowest BCUT2D eigenvalue weighted by molar-refractivity contribution is 0.00242. The molecule has 4 aliphatic rings. The highest BCUT2D eigenvalue weighted by Crippen LogP contribution is 2.42. The van der Waals surface area contributed by atoms with E-state index in [9.17, 15) is 22.8 Å². The number of halogens is 1. The zero-order valence-corrected chi connectivity index (χ0v) is 26.9. The van der Waals surface area contributed by atoms with E-state index < -0.39 is 10.0 Å². The molecule has 3 aliphatic heterocycles. The lowest BCUT2D eigenvalue weighted by atomic mass is 9.83. The highest BCUT2D eigenvalue weighted by Gasteiger charge is 2.44. The van der Waals surface area contributed by atoms with E-state index in [2.05, 4.69) is 28.4 Å². The van der Waals surface area contributed by atoms with Gasteiger partial charge in [-0.25, -0.2) is 17.1 Å². The van der Waals surface area contributed by atoms with Gasteiger partial charge in [-0.05, 0) is 82.9 Å². The molecule has 44 heavy (non-hydrogen) atoms. The van der Waals surface area contributed by atoms with E-state index in [-0.39, 0.29) is 34.5 Å². The standard InChI is InChI=1S/C32H45FN6O4S/c1-22-21-36(32(4)12-16-35(17-13-32)31(40)29-23(2)34-39(41)24(29)3)18-19-38(22)30(26-6-5-7-27(33)20-26)25-10-14-37(15-11-25)44(42,43)28-8-9-28/h5-7,20,25,28,30,41H,1,8-19,21H2,2-4H3/t30-/m1/s1. The minimum Gasteiger partial charge on any atom is -0.411 e. The van der Waals surface area contributed by atoms with Crippen molar-refractivity contribution in [2.45, 2.75) is 76.1 Å². The van der Waals surface area contributed by atoms with Gasteiger partial charge in [-0.2, -0.15) is 0 Å². The van der Waals surface area contributed by atoms with E-state index in [1.165, 1.54) is 6.07 Å². The number of hydrogen-bond donors (Lipinski definition) is 1. The van der Waals surface area contributed by atoms with Crippen molar-refractivity contribution in [1.29, 1.82) is 0 Å². The average Bonchev–Trinajstić information content (AvgIpc) is 3.82. The summed E-state index contributed by atoms with van der Waals surface area (Å²) in [6.45, 7) is 14.7. The fraction of sp³-hybridized carbons (Fsp3) is 0.625. The number of sulfonamides is 1. The van der Waals surface area contributed by atoms with Crippen LogP contribution >= 0.6 is 0 Å². The summed E-state index contributed by atoms with van der Waals surface area (Å²) >= 11 is 0. The van der Waals surface area contributed by atoms with Gasteiger partial charge >= 0.3 is 0 Å². The van der Waals surface area contributed by atoms with E-state index >= 15 is 0 Å². The molecule has 1 aromatic carbocycles. The summed E-state index contributed by atoms with van der Waals surface area (Å²) in [5.41, 5.74) is 3.25. The smallest absolute Gasteiger partial charge is 0.257 e. The Kier molecular flexibility index (Phi) is 8.30. The van der Waals surface area contributed by atoms with Crippen molar-refractivity contribution in [2.75, 3.05) is 45.8 Å². The normalized spacial score (nSPS) is 23.2. The maximum Gasteiger partial charge on any atom is 0.257 e. The first-order chi connectivity index (χ1) is 20.9. The summed E-state index contributed by atoms with van der Waals surface area (Å²) in [7, 11) is -3.20. The first kappa shape index (κ1) is 31.0. The number of likely N-dealkylation sites (tertiary alicyclic amines) is 1. The molecule has 10 nitrogen and oxygen atoms in total. The number of piperazine rings is 1. The van der Waals surface area contributed by atoms with E-state index in [0.717, 1.165) is 67.7 Å². The first-order valence-electron chi connectivity index (χ1n) is 15.9. The Bertz CT molecular complexity index is 1520. The molecular formula is C32H45FN6O4S. The summed E-state index contributed by atoms with van der Waals surface area (Å²) in [5.74, 6) is -0.174. The summed E-state index contributed by atoms with van der Waals surface area (Å²) in [6.07, 6.45) is 4.63. The minimum atomic E-state index is -3.20. The van der Waals surface area contributed by atoms with E-state index in [0.29, 0.717) is 49.7 Å². The van der Waals surface area contributed by atoms with Gasteiger partial charge in [0.05, 0.1) is 28.2 Å². The van der Waals surface area contributed by atoms with Gasteiger partial charge in [-0.3, -0.25) is 9.69 Å². The highest BCUT2D eigenvalue weighted by atomic mass is 32.2. The van der Waals surface area contributed by atoms with Crippen LogP contribution in [-0.4, -0.2) is 105 Å². The fourth-order valence-electron chi connectivity index (χ4n) is 7.60. The number of amides is 1. The SMILES string of the molecule is C=C1CN(C2(C)CCN(C(=O)c3c(C)nn(O)c3C)CC2)CCN1[C@@H](c1cccc(F)c1)C1CCN(S(=O)(=O)C2CC2)CC1. The molecule has 0 radical (unpaired) electrons. The Morgan fingerprint density at radius 2 is 1.75 bits per heavy atom. The third-order valence-electron chi connectivity index (χ3n) is 10.5. The van der Waals surface area contributed by atoms with Crippen LogP contribution in [0.15, 0.2) is 36.5 Å². The van der Waals surface area contributed by atoms with E-state index in [4.69, 9.17) is 0 Å². The molecule has 0 spiro atoms. The highest BCUT2D eigenvalue weighted by molar-refractivity contribution is 7.90. The molecule has 1 amide bonds. The first-order valence-corrected chi connectivity index (χ1v) is 17.4. The summed E-state index contributed by atoms with van der Waals surface area (Å²) < 4.78 is 41.9. The second-order valence-corrected chi connectivity index (χ2v) is 15.6. The maximum absolute atomic E-state index is 14.5. The third-order valence-corrected chi connectivity index (χ3v) is 12.9. The van der Waals surface area contributed by atoms with Gasteiger partial charge in [-0.15, -0.1) is 9.94 Å². The Balaban J connectivity index is 1.13. The number of piperidine rings is 2. The number of benzene rings is 1. The predicted octanol–water partition coefficient (Wildman–Crippen LogP) is 3.95. The number of aromatic nitrogens is 2. The predicted molar refractivity (Wildman–Crippen MR) is 165 cm³/mol. The molecule has 1 aliphatic carbocycles. The third kappa shape index (κ3) is 5.76. The van der Waals surface area contributed by atoms with Crippen LogP contribution in [0.4, 0.5) is 4.39 Å². The zero-order chi connectivity index (χ0) is 31.4. The lowest BCUT2D eigenvalue weighted by Gasteiger charge is -2.53. The quantitative estimate of drug-likeness (QED) is 0.464. The monoisotopic (exact) mass is 628 g/mol.